The summed E-state index contributed by atoms with van der Waals surface area (Å²) in [5.41, 5.74) is 3.49. The van der Waals surface area contributed by atoms with Gasteiger partial charge in [-0.2, -0.15) is 0 Å². The van der Waals surface area contributed by atoms with Crippen molar-refractivity contribution in [2.45, 2.75) is 6.42 Å². The number of hydrazine groups is 2. The van der Waals surface area contributed by atoms with Crippen molar-refractivity contribution in [2.75, 3.05) is 18.4 Å². The van der Waals surface area contributed by atoms with Gasteiger partial charge in [-0.05, 0) is 18.6 Å². The van der Waals surface area contributed by atoms with Gasteiger partial charge in [0.15, 0.2) is 6.34 Å². The van der Waals surface area contributed by atoms with Gasteiger partial charge in [-0.3, -0.25) is 0 Å². The molecule has 86 valence electrons. The third-order valence-electron chi connectivity index (χ3n) is 2.15. The molecule has 0 bridgehead atoms. The molecular weight excluding hydrogens is 209 g/mol. The zero-order chi connectivity index (χ0) is 11.2. The summed E-state index contributed by atoms with van der Waals surface area (Å²) >= 11 is 0. The van der Waals surface area contributed by atoms with Crippen molar-refractivity contribution < 1.29 is 4.48 Å². The highest BCUT2D eigenvalue weighted by Crippen LogP contribution is 2.05. The summed E-state index contributed by atoms with van der Waals surface area (Å²) in [7, 11) is 0. The van der Waals surface area contributed by atoms with Crippen molar-refractivity contribution in [2.24, 2.45) is 5.10 Å². The highest BCUT2D eigenvalue weighted by atomic mass is 19.2. The quantitative estimate of drug-likeness (QED) is 0.584. The molecule has 0 spiro atoms. The molecule has 0 fully saturated rings. The number of nitrogens with one attached hydrogen (secondary N) is 2. The molecule has 2 rings (SSSR count). The van der Waals surface area contributed by atoms with E-state index < -0.39 is 0 Å². The van der Waals surface area contributed by atoms with Crippen LogP contribution in [-0.2, 0) is 0 Å². The first-order valence-electron chi connectivity index (χ1n) is 5.16. The summed E-state index contributed by atoms with van der Waals surface area (Å²) in [5.74, 6) is 0. The predicted octanol–water partition coefficient (Wildman–Crippen LogP) is 1.35. The van der Waals surface area contributed by atoms with Gasteiger partial charge in [0.05, 0.1) is 6.54 Å². The lowest BCUT2D eigenvalue weighted by molar-refractivity contribution is -0.0129. The molecule has 0 saturated carbocycles. The Morgan fingerprint density at radius 3 is 2.81 bits per heavy atom. The molecule has 16 heavy (non-hydrogen) atoms. The van der Waals surface area contributed by atoms with Crippen molar-refractivity contribution >= 4 is 12.0 Å². The number of para-hydroxylation sites is 1. The van der Waals surface area contributed by atoms with E-state index in [4.69, 9.17) is 0 Å². The standard InChI is InChI=1S/C10H14FN5/c11-15-9-13-16(14-15)8-4-7-12-10-5-2-1-3-6-10/h1-3,5-6,9,12,14H,4,7-8H2. The number of benzene rings is 1. The minimum atomic E-state index is 0.324. The SMILES string of the molecule is FN1C=NN(CCCNc2ccccc2)N1. The zero-order valence-corrected chi connectivity index (χ0v) is 8.81. The molecule has 2 N–H and O–H groups in total. The predicted molar refractivity (Wildman–Crippen MR) is 60.8 cm³/mol. The second kappa shape index (κ2) is 5.32. The molecule has 1 aromatic rings. The van der Waals surface area contributed by atoms with Gasteiger partial charge in [0, 0.05) is 12.2 Å². The Kier molecular flexibility index (Phi) is 3.55. The van der Waals surface area contributed by atoms with E-state index in [0.29, 0.717) is 11.8 Å². The molecule has 0 saturated heterocycles. The monoisotopic (exact) mass is 223 g/mol. The van der Waals surface area contributed by atoms with Crippen LogP contribution in [-0.4, -0.2) is 29.8 Å². The number of anilines is 1. The summed E-state index contributed by atoms with van der Waals surface area (Å²) in [6.45, 7) is 1.47. The zero-order valence-electron chi connectivity index (χ0n) is 8.81. The topological polar surface area (TPSA) is 42.9 Å². The van der Waals surface area contributed by atoms with Gasteiger partial charge >= 0.3 is 0 Å². The van der Waals surface area contributed by atoms with Crippen LogP contribution >= 0.6 is 0 Å². The number of hydrogen-bond acceptors (Lipinski definition) is 5. The molecule has 6 heteroatoms. The molecule has 0 aromatic heterocycles. The van der Waals surface area contributed by atoms with Gasteiger partial charge in [-0.15, -0.1) is 10.3 Å². The van der Waals surface area contributed by atoms with E-state index in [1.165, 1.54) is 5.12 Å². The summed E-state index contributed by atoms with van der Waals surface area (Å²) < 4.78 is 12.5. The molecule has 0 aliphatic carbocycles. The Morgan fingerprint density at radius 1 is 1.31 bits per heavy atom. The largest absolute Gasteiger partial charge is 0.385 e. The van der Waals surface area contributed by atoms with Crippen molar-refractivity contribution in [1.82, 2.24) is 15.9 Å². The minimum Gasteiger partial charge on any atom is -0.385 e. The molecule has 0 amide bonds. The van der Waals surface area contributed by atoms with Crippen LogP contribution in [0.1, 0.15) is 6.42 Å². The van der Waals surface area contributed by atoms with E-state index in [0.717, 1.165) is 25.0 Å². The molecular formula is C10H14FN5. The Morgan fingerprint density at radius 2 is 2.12 bits per heavy atom. The first-order valence-corrected chi connectivity index (χ1v) is 5.16. The van der Waals surface area contributed by atoms with Crippen LogP contribution < -0.4 is 10.9 Å². The first-order chi connectivity index (χ1) is 7.84. The van der Waals surface area contributed by atoms with Crippen molar-refractivity contribution in [3.05, 3.63) is 30.3 Å². The first kappa shape index (κ1) is 10.7. The Labute approximate surface area is 93.4 Å². The average Bonchev–Trinajstić information content (AvgIpc) is 2.72. The fraction of sp³-hybridized carbons (Fsp3) is 0.300. The van der Waals surface area contributed by atoms with Crippen LogP contribution in [0.15, 0.2) is 35.4 Å². The van der Waals surface area contributed by atoms with Crippen LogP contribution in [0, 0.1) is 0 Å². The van der Waals surface area contributed by atoms with Crippen LogP contribution in [0.5, 0.6) is 0 Å². The van der Waals surface area contributed by atoms with E-state index in [2.05, 4.69) is 16.0 Å². The highest BCUT2D eigenvalue weighted by molar-refractivity contribution is 5.53. The minimum absolute atomic E-state index is 0.324. The number of halogens is 1. The van der Waals surface area contributed by atoms with E-state index in [1.807, 2.05) is 30.3 Å². The smallest absolute Gasteiger partial charge is 0.163 e. The van der Waals surface area contributed by atoms with E-state index >= 15 is 0 Å². The Balaban J connectivity index is 1.61. The maximum atomic E-state index is 12.5. The van der Waals surface area contributed by atoms with Crippen molar-refractivity contribution in [3.8, 4) is 0 Å². The van der Waals surface area contributed by atoms with Crippen LogP contribution in [0.2, 0.25) is 0 Å². The summed E-state index contributed by atoms with van der Waals surface area (Å²) in [5, 5.41) is 8.82. The maximum Gasteiger partial charge on any atom is 0.163 e. The fourth-order valence-corrected chi connectivity index (χ4v) is 1.39. The average molecular weight is 223 g/mol. The van der Waals surface area contributed by atoms with Gasteiger partial charge in [0.25, 0.3) is 0 Å². The van der Waals surface area contributed by atoms with Gasteiger partial charge in [0.1, 0.15) is 0 Å². The summed E-state index contributed by atoms with van der Waals surface area (Å²) in [6.07, 6.45) is 1.96. The number of hydrogen-bond donors (Lipinski definition) is 2. The third-order valence-corrected chi connectivity index (χ3v) is 2.15. The lowest BCUT2D eigenvalue weighted by atomic mass is 10.3. The number of hydrazone groups is 1. The van der Waals surface area contributed by atoms with Crippen LogP contribution in [0.3, 0.4) is 0 Å². The van der Waals surface area contributed by atoms with Crippen LogP contribution in [0.4, 0.5) is 10.2 Å². The highest BCUT2D eigenvalue weighted by Gasteiger charge is 2.10. The van der Waals surface area contributed by atoms with E-state index in [1.54, 1.807) is 0 Å². The van der Waals surface area contributed by atoms with Gasteiger partial charge in [0.2, 0.25) is 0 Å². The van der Waals surface area contributed by atoms with Gasteiger partial charge < -0.3 is 5.32 Å². The third kappa shape index (κ3) is 3.09. The molecule has 1 aromatic carbocycles. The lowest BCUT2D eigenvalue weighted by Crippen LogP contribution is -2.36. The molecule has 0 radical (unpaired) electrons. The molecule has 0 atom stereocenters. The van der Waals surface area contributed by atoms with E-state index in [9.17, 15) is 4.48 Å². The maximum absolute atomic E-state index is 12.5. The fourth-order valence-electron chi connectivity index (χ4n) is 1.39. The Hall–Kier alpha value is -1.82. The second-order valence-corrected chi connectivity index (χ2v) is 3.41. The van der Waals surface area contributed by atoms with Crippen LogP contribution in [0.25, 0.3) is 0 Å². The molecule has 1 aliphatic rings. The lowest BCUT2D eigenvalue weighted by Gasteiger charge is -2.14. The van der Waals surface area contributed by atoms with Crippen molar-refractivity contribution in [3.63, 3.8) is 0 Å². The number of nitrogens with zero attached hydrogens (tertiary/aromatic N) is 3. The molecule has 5 nitrogen and oxygen atoms in total. The van der Waals surface area contributed by atoms with Gasteiger partial charge in [-0.25, -0.2) is 5.12 Å². The van der Waals surface area contributed by atoms with E-state index in [-0.39, 0.29) is 0 Å². The summed E-state index contributed by atoms with van der Waals surface area (Å²) in [4.78, 5) is 0. The summed E-state index contributed by atoms with van der Waals surface area (Å²) in [6, 6.07) is 9.96. The molecule has 0 unspecified atom stereocenters. The normalized spacial score (nSPS) is 14.6. The molecule has 1 aliphatic heterocycles. The van der Waals surface area contributed by atoms with Crippen molar-refractivity contribution in [1.29, 1.82) is 0 Å². The second-order valence-electron chi connectivity index (χ2n) is 3.41. The Bertz CT molecular complexity index is 342. The molecule has 1 heterocycles. The van der Waals surface area contributed by atoms with Gasteiger partial charge in [-0.1, -0.05) is 28.2 Å². The number of rotatable bonds is 5.